The summed E-state index contributed by atoms with van der Waals surface area (Å²) in [7, 11) is 0. The van der Waals surface area contributed by atoms with E-state index in [1.54, 1.807) is 6.08 Å². The molecule has 98 valence electrons. The summed E-state index contributed by atoms with van der Waals surface area (Å²) in [6.45, 7) is 0. The summed E-state index contributed by atoms with van der Waals surface area (Å²) in [4.78, 5) is 22.3. The molecule has 20 heavy (non-hydrogen) atoms. The Kier molecular flexibility index (Phi) is 2.80. The van der Waals surface area contributed by atoms with Gasteiger partial charge in [0.05, 0.1) is 10.5 Å². The highest BCUT2D eigenvalue weighted by Gasteiger charge is 2.33. The number of carbonyl (C=O) groups is 1. The van der Waals surface area contributed by atoms with E-state index in [4.69, 9.17) is 4.74 Å². The van der Waals surface area contributed by atoms with Crippen LogP contribution in [0.2, 0.25) is 0 Å². The van der Waals surface area contributed by atoms with Crippen molar-refractivity contribution in [1.29, 1.82) is 0 Å². The monoisotopic (exact) mass is 267 g/mol. The maximum absolute atomic E-state index is 11.8. The van der Waals surface area contributed by atoms with E-state index in [0.29, 0.717) is 0 Å². The van der Waals surface area contributed by atoms with Crippen LogP contribution in [-0.4, -0.2) is 10.9 Å². The Morgan fingerprint density at radius 3 is 2.50 bits per heavy atom. The van der Waals surface area contributed by atoms with Crippen LogP contribution in [-0.2, 0) is 4.74 Å². The molecule has 0 amide bonds. The van der Waals surface area contributed by atoms with Crippen LogP contribution in [0.3, 0.4) is 0 Å². The molecular weight excluding hydrogens is 258 g/mol. The largest absolute Gasteiger partial charge is 0.422 e. The van der Waals surface area contributed by atoms with E-state index in [2.05, 4.69) is 0 Å². The fourth-order valence-corrected chi connectivity index (χ4v) is 2.13. The Balaban J connectivity index is 2.18. The van der Waals surface area contributed by atoms with E-state index in [1.165, 1.54) is 18.2 Å². The minimum Gasteiger partial charge on any atom is -0.422 e. The Hall–Kier alpha value is -2.95. The highest BCUT2D eigenvalue weighted by Crippen LogP contribution is 2.37. The fourth-order valence-electron chi connectivity index (χ4n) is 2.13. The van der Waals surface area contributed by atoms with Crippen molar-refractivity contribution in [2.45, 2.75) is 0 Å². The summed E-state index contributed by atoms with van der Waals surface area (Å²) in [6.07, 6.45) is 1.62. The zero-order chi connectivity index (χ0) is 14.1. The topological polar surface area (TPSA) is 69.4 Å². The molecule has 1 aliphatic rings. The van der Waals surface area contributed by atoms with Gasteiger partial charge in [-0.3, -0.25) is 10.1 Å². The lowest BCUT2D eigenvalue weighted by Crippen LogP contribution is -1.95. The highest BCUT2D eigenvalue weighted by molar-refractivity contribution is 6.07. The molecule has 0 saturated carbocycles. The molecule has 1 heterocycles. The predicted octanol–water partition coefficient (Wildman–Crippen LogP) is 3.26. The van der Waals surface area contributed by atoms with E-state index < -0.39 is 10.9 Å². The van der Waals surface area contributed by atoms with E-state index in [9.17, 15) is 14.9 Å². The van der Waals surface area contributed by atoms with Gasteiger partial charge in [-0.2, -0.15) is 0 Å². The van der Waals surface area contributed by atoms with Crippen molar-refractivity contribution >= 4 is 23.5 Å². The van der Waals surface area contributed by atoms with Gasteiger partial charge in [-0.25, -0.2) is 4.79 Å². The van der Waals surface area contributed by atoms with E-state index in [0.717, 1.165) is 5.56 Å². The molecular formula is C15H9NO4. The highest BCUT2D eigenvalue weighted by atomic mass is 16.6. The smallest absolute Gasteiger partial charge is 0.344 e. The second-order valence-corrected chi connectivity index (χ2v) is 4.27. The van der Waals surface area contributed by atoms with Crippen molar-refractivity contribution in [1.82, 2.24) is 0 Å². The molecule has 2 aromatic rings. The number of rotatable bonds is 2. The second kappa shape index (κ2) is 4.62. The third kappa shape index (κ3) is 1.95. The van der Waals surface area contributed by atoms with Crippen LogP contribution >= 0.6 is 0 Å². The quantitative estimate of drug-likeness (QED) is 0.475. The van der Waals surface area contributed by atoms with Gasteiger partial charge >= 0.3 is 5.97 Å². The zero-order valence-electron chi connectivity index (χ0n) is 10.3. The second-order valence-electron chi connectivity index (χ2n) is 4.27. The number of cyclic esters (lactones) is 1. The van der Waals surface area contributed by atoms with Gasteiger partial charge in [-0.1, -0.05) is 36.4 Å². The normalized spacial score (nSPS) is 15.0. The minimum atomic E-state index is -0.564. The van der Waals surface area contributed by atoms with Crippen molar-refractivity contribution in [2.75, 3.05) is 0 Å². The number of nitrogens with zero attached hydrogens (tertiary/aromatic N) is 1. The number of nitro benzene ring substituents is 1. The molecule has 0 bridgehead atoms. The summed E-state index contributed by atoms with van der Waals surface area (Å²) in [5.74, 6) is -0.352. The third-order valence-corrected chi connectivity index (χ3v) is 3.01. The van der Waals surface area contributed by atoms with Crippen molar-refractivity contribution in [2.24, 2.45) is 0 Å². The predicted molar refractivity (Wildman–Crippen MR) is 72.8 cm³/mol. The molecule has 3 rings (SSSR count). The molecule has 5 nitrogen and oxygen atoms in total. The molecule has 0 atom stereocenters. The summed E-state index contributed by atoms with van der Waals surface area (Å²) >= 11 is 0. The lowest BCUT2D eigenvalue weighted by Gasteiger charge is -2.00. The first-order chi connectivity index (χ1) is 9.66. The van der Waals surface area contributed by atoms with E-state index >= 15 is 0 Å². The van der Waals surface area contributed by atoms with Crippen molar-refractivity contribution in [3.63, 3.8) is 0 Å². The first-order valence-corrected chi connectivity index (χ1v) is 5.93. The maximum Gasteiger partial charge on any atom is 0.344 e. The van der Waals surface area contributed by atoms with Gasteiger partial charge in [0.25, 0.3) is 5.69 Å². The van der Waals surface area contributed by atoms with E-state index in [1.807, 2.05) is 30.3 Å². The number of carbonyl (C=O) groups excluding carboxylic acids is 1. The molecule has 1 aliphatic heterocycles. The summed E-state index contributed by atoms with van der Waals surface area (Å²) < 4.78 is 5.14. The average Bonchev–Trinajstić information content (AvgIpc) is 2.77. The molecule has 0 aromatic heterocycles. The molecule has 0 saturated heterocycles. The summed E-state index contributed by atoms with van der Waals surface area (Å²) in [5, 5.41) is 11.1. The third-order valence-electron chi connectivity index (χ3n) is 3.01. The van der Waals surface area contributed by atoms with Gasteiger partial charge in [0.15, 0.2) is 0 Å². The van der Waals surface area contributed by atoms with Gasteiger partial charge in [-0.05, 0) is 17.7 Å². The average molecular weight is 267 g/mol. The SMILES string of the molecule is O=C1O/C(=C/c2ccccc2)c2c1cccc2[N+](=O)[O-]. The fraction of sp³-hybridized carbons (Fsp3) is 0. The Morgan fingerprint density at radius 2 is 1.80 bits per heavy atom. The minimum absolute atomic E-state index is 0.129. The van der Waals surface area contributed by atoms with Crippen molar-refractivity contribution < 1.29 is 14.5 Å². The van der Waals surface area contributed by atoms with Crippen molar-refractivity contribution in [3.05, 3.63) is 75.3 Å². The molecule has 0 N–H and O–H groups in total. The van der Waals surface area contributed by atoms with Crippen molar-refractivity contribution in [3.8, 4) is 0 Å². The van der Waals surface area contributed by atoms with Gasteiger partial charge in [0.2, 0.25) is 0 Å². The Bertz CT molecular complexity index is 735. The Morgan fingerprint density at radius 1 is 1.05 bits per heavy atom. The first-order valence-electron chi connectivity index (χ1n) is 5.93. The lowest BCUT2D eigenvalue weighted by atomic mass is 10.0. The standard InChI is InChI=1S/C15H9NO4/c17-15-11-7-4-8-12(16(18)19)14(11)13(20-15)9-10-5-2-1-3-6-10/h1-9H/b13-9+. The van der Waals surface area contributed by atoms with Gasteiger partial charge < -0.3 is 4.74 Å². The number of fused-ring (bicyclic) bond motifs is 1. The molecule has 0 aliphatic carbocycles. The van der Waals surface area contributed by atoms with Crippen LogP contribution in [0, 0.1) is 10.1 Å². The van der Waals surface area contributed by atoms with Gasteiger partial charge in [0, 0.05) is 6.07 Å². The van der Waals surface area contributed by atoms with Crippen LogP contribution in [0.4, 0.5) is 5.69 Å². The Labute approximate surface area is 114 Å². The van der Waals surface area contributed by atoms with Crippen LogP contribution in [0.1, 0.15) is 21.5 Å². The number of benzene rings is 2. The van der Waals surface area contributed by atoms with Crippen LogP contribution < -0.4 is 0 Å². The van der Waals surface area contributed by atoms with E-state index in [-0.39, 0.29) is 22.6 Å². The number of nitro groups is 1. The first kappa shape index (κ1) is 12.1. The number of esters is 1. The number of ether oxygens (including phenoxy) is 1. The van der Waals surface area contributed by atoms with Crippen LogP contribution in [0.25, 0.3) is 11.8 Å². The molecule has 0 fully saturated rings. The maximum atomic E-state index is 11.8. The zero-order valence-corrected chi connectivity index (χ0v) is 10.3. The number of hydrogen-bond donors (Lipinski definition) is 0. The molecule has 5 heteroatoms. The molecule has 2 aromatic carbocycles. The van der Waals surface area contributed by atoms with Crippen LogP contribution in [0.5, 0.6) is 0 Å². The lowest BCUT2D eigenvalue weighted by molar-refractivity contribution is -0.385. The molecule has 0 spiro atoms. The number of hydrogen-bond acceptors (Lipinski definition) is 4. The van der Waals surface area contributed by atoms with Crippen LogP contribution in [0.15, 0.2) is 48.5 Å². The molecule has 0 radical (unpaired) electrons. The molecule has 0 unspecified atom stereocenters. The van der Waals surface area contributed by atoms with Gasteiger partial charge in [-0.15, -0.1) is 0 Å². The summed E-state index contributed by atoms with van der Waals surface area (Å²) in [5.41, 5.74) is 1.14. The summed E-state index contributed by atoms with van der Waals surface area (Å²) in [6, 6.07) is 13.5. The van der Waals surface area contributed by atoms with Gasteiger partial charge in [0.1, 0.15) is 11.3 Å².